The number of amides is 1. The van der Waals surface area contributed by atoms with Gasteiger partial charge in [-0.2, -0.15) is 0 Å². The highest BCUT2D eigenvalue weighted by Crippen LogP contribution is 2.23. The first kappa shape index (κ1) is 17.0. The van der Waals surface area contributed by atoms with Crippen LogP contribution in [0.2, 0.25) is 0 Å². The van der Waals surface area contributed by atoms with Crippen LogP contribution >= 0.6 is 11.3 Å². The molecule has 0 atom stereocenters. The third-order valence-electron chi connectivity index (χ3n) is 4.10. The minimum Gasteiger partial charge on any atom is -0.378 e. The van der Waals surface area contributed by atoms with Gasteiger partial charge < -0.3 is 10.1 Å². The minimum absolute atomic E-state index is 0.0135. The summed E-state index contributed by atoms with van der Waals surface area (Å²) < 4.78 is 5.51. The first-order valence-corrected chi connectivity index (χ1v) is 8.86. The van der Waals surface area contributed by atoms with Gasteiger partial charge in [0.25, 0.3) is 5.91 Å². The van der Waals surface area contributed by atoms with Crippen LogP contribution in [0.3, 0.4) is 0 Å². The lowest BCUT2D eigenvalue weighted by Crippen LogP contribution is -2.54. The molecule has 1 N–H and O–H groups in total. The second-order valence-electron chi connectivity index (χ2n) is 6.35. The molecule has 1 aliphatic heterocycles. The molecule has 24 heavy (non-hydrogen) atoms. The molecule has 7 heteroatoms. The fourth-order valence-corrected chi connectivity index (χ4v) is 3.49. The van der Waals surface area contributed by atoms with Crippen molar-refractivity contribution in [1.82, 2.24) is 20.2 Å². The summed E-state index contributed by atoms with van der Waals surface area (Å²) in [7, 11) is 0. The number of thiazole rings is 1. The molecule has 0 bridgehead atoms. The highest BCUT2D eigenvalue weighted by Gasteiger charge is 2.29. The van der Waals surface area contributed by atoms with Gasteiger partial charge in [0.15, 0.2) is 0 Å². The zero-order valence-electron chi connectivity index (χ0n) is 14.0. The molecule has 0 unspecified atom stereocenters. The van der Waals surface area contributed by atoms with Crippen molar-refractivity contribution in [2.75, 3.05) is 32.8 Å². The monoisotopic (exact) mass is 346 g/mol. The number of hydrogen-bond acceptors (Lipinski definition) is 6. The van der Waals surface area contributed by atoms with Gasteiger partial charge in [0, 0.05) is 31.4 Å². The summed E-state index contributed by atoms with van der Waals surface area (Å²) in [6.07, 6.45) is 3.34. The molecule has 0 aromatic carbocycles. The Balaban J connectivity index is 1.53. The summed E-state index contributed by atoms with van der Waals surface area (Å²) in [5.41, 5.74) is 0.802. The molecule has 6 nitrogen and oxygen atoms in total. The lowest BCUT2D eigenvalue weighted by molar-refractivity contribution is -0.0498. The van der Waals surface area contributed by atoms with Gasteiger partial charge >= 0.3 is 0 Å². The highest BCUT2D eigenvalue weighted by molar-refractivity contribution is 7.16. The van der Waals surface area contributed by atoms with E-state index in [-0.39, 0.29) is 11.4 Å². The number of ether oxygens (including phenoxy) is 1. The van der Waals surface area contributed by atoms with Gasteiger partial charge in [-0.15, -0.1) is 11.3 Å². The standard InChI is InChI=1S/C17H22N4O2S/c1-17(2)12-23-10-9-21(17)8-7-19-15(22)14-11-20-16(24-14)13-5-3-4-6-18-13/h3-6,11H,7-10,12H2,1-2H3,(H,19,22). The van der Waals surface area contributed by atoms with Gasteiger partial charge in [-0.3, -0.25) is 14.7 Å². The predicted molar refractivity (Wildman–Crippen MR) is 94.1 cm³/mol. The number of morpholine rings is 1. The van der Waals surface area contributed by atoms with Crippen molar-refractivity contribution in [2.24, 2.45) is 0 Å². The van der Waals surface area contributed by atoms with E-state index in [4.69, 9.17) is 4.74 Å². The number of carbonyl (C=O) groups excluding carboxylic acids is 1. The van der Waals surface area contributed by atoms with Gasteiger partial charge in [-0.25, -0.2) is 4.98 Å². The summed E-state index contributed by atoms with van der Waals surface area (Å²) in [5, 5.41) is 3.74. The van der Waals surface area contributed by atoms with Crippen LogP contribution in [0.1, 0.15) is 23.5 Å². The van der Waals surface area contributed by atoms with Crippen molar-refractivity contribution in [3.8, 4) is 10.7 Å². The van der Waals surface area contributed by atoms with Crippen molar-refractivity contribution < 1.29 is 9.53 Å². The maximum absolute atomic E-state index is 12.3. The number of nitrogens with one attached hydrogen (secondary N) is 1. The molecule has 0 aliphatic carbocycles. The number of carbonyl (C=O) groups is 1. The van der Waals surface area contributed by atoms with E-state index >= 15 is 0 Å². The van der Waals surface area contributed by atoms with E-state index in [0.29, 0.717) is 11.4 Å². The van der Waals surface area contributed by atoms with Crippen LogP contribution in [-0.2, 0) is 4.74 Å². The van der Waals surface area contributed by atoms with Crippen LogP contribution in [0.5, 0.6) is 0 Å². The normalized spacial score (nSPS) is 17.6. The summed E-state index contributed by atoms with van der Waals surface area (Å²) in [6, 6.07) is 5.66. The van der Waals surface area contributed by atoms with Gasteiger partial charge in [0.1, 0.15) is 9.88 Å². The molecule has 3 heterocycles. The molecule has 1 aliphatic rings. The zero-order chi connectivity index (χ0) is 17.0. The molecule has 2 aromatic heterocycles. The fraction of sp³-hybridized carbons (Fsp3) is 0.471. The first-order valence-electron chi connectivity index (χ1n) is 8.04. The second-order valence-corrected chi connectivity index (χ2v) is 7.38. The molecule has 1 saturated heterocycles. The van der Waals surface area contributed by atoms with E-state index in [9.17, 15) is 4.79 Å². The van der Waals surface area contributed by atoms with Crippen molar-refractivity contribution in [3.63, 3.8) is 0 Å². The molecule has 3 rings (SSSR count). The van der Waals surface area contributed by atoms with Crippen LogP contribution in [0, 0.1) is 0 Å². The molecule has 0 radical (unpaired) electrons. The van der Waals surface area contributed by atoms with Crippen LogP contribution in [0.25, 0.3) is 10.7 Å². The van der Waals surface area contributed by atoms with Gasteiger partial charge in [0.2, 0.25) is 0 Å². The van der Waals surface area contributed by atoms with E-state index in [1.807, 2.05) is 18.2 Å². The van der Waals surface area contributed by atoms with E-state index < -0.39 is 0 Å². The maximum atomic E-state index is 12.3. The molecule has 2 aromatic rings. The van der Waals surface area contributed by atoms with E-state index in [1.165, 1.54) is 11.3 Å². The number of rotatable bonds is 5. The van der Waals surface area contributed by atoms with Gasteiger partial charge in [0.05, 0.1) is 25.1 Å². The molecular weight excluding hydrogens is 324 g/mol. The van der Waals surface area contributed by atoms with Crippen LogP contribution < -0.4 is 5.32 Å². The Morgan fingerprint density at radius 2 is 2.29 bits per heavy atom. The predicted octanol–water partition coefficient (Wildman–Crippen LogP) is 2.05. The SMILES string of the molecule is CC1(C)COCCN1CCNC(=O)c1cnc(-c2ccccn2)s1. The number of pyridine rings is 1. The van der Waals surface area contributed by atoms with Gasteiger partial charge in [-0.05, 0) is 26.0 Å². The molecular formula is C17H22N4O2S. The Morgan fingerprint density at radius 1 is 1.42 bits per heavy atom. The molecule has 128 valence electrons. The third kappa shape index (κ3) is 3.98. The number of nitrogens with zero attached hydrogens (tertiary/aromatic N) is 3. The molecule has 1 fully saturated rings. The van der Waals surface area contributed by atoms with E-state index in [1.54, 1.807) is 12.4 Å². The topological polar surface area (TPSA) is 67.3 Å². The Morgan fingerprint density at radius 3 is 3.04 bits per heavy atom. The number of aromatic nitrogens is 2. The quantitative estimate of drug-likeness (QED) is 0.897. The Labute approximate surface area is 145 Å². The highest BCUT2D eigenvalue weighted by atomic mass is 32.1. The lowest BCUT2D eigenvalue weighted by atomic mass is 10.0. The van der Waals surface area contributed by atoms with Crippen LogP contribution in [-0.4, -0.2) is 59.2 Å². The maximum Gasteiger partial charge on any atom is 0.263 e. The van der Waals surface area contributed by atoms with Crippen LogP contribution in [0.4, 0.5) is 0 Å². The summed E-state index contributed by atoms with van der Waals surface area (Å²) >= 11 is 1.36. The first-order chi connectivity index (χ1) is 11.6. The van der Waals surface area contributed by atoms with E-state index in [2.05, 4.69) is 34.0 Å². The van der Waals surface area contributed by atoms with Crippen molar-refractivity contribution in [2.45, 2.75) is 19.4 Å². The second kappa shape index (κ2) is 7.38. The summed E-state index contributed by atoms with van der Waals surface area (Å²) in [6.45, 7) is 8.12. The summed E-state index contributed by atoms with van der Waals surface area (Å²) in [5.74, 6) is -0.0826. The van der Waals surface area contributed by atoms with Crippen molar-refractivity contribution >= 4 is 17.2 Å². The Kier molecular flexibility index (Phi) is 5.23. The zero-order valence-corrected chi connectivity index (χ0v) is 14.8. The average Bonchev–Trinajstić information content (AvgIpc) is 3.07. The Bertz CT molecular complexity index is 687. The largest absolute Gasteiger partial charge is 0.378 e. The van der Waals surface area contributed by atoms with Crippen LogP contribution in [0.15, 0.2) is 30.6 Å². The molecule has 1 amide bonds. The molecule has 0 spiro atoms. The summed E-state index contributed by atoms with van der Waals surface area (Å²) in [4.78, 5) is 23.8. The molecule has 0 saturated carbocycles. The average molecular weight is 346 g/mol. The third-order valence-corrected chi connectivity index (χ3v) is 5.12. The number of hydrogen-bond donors (Lipinski definition) is 1. The van der Waals surface area contributed by atoms with Crippen molar-refractivity contribution in [1.29, 1.82) is 0 Å². The Hall–Kier alpha value is -1.83. The minimum atomic E-state index is -0.0826. The van der Waals surface area contributed by atoms with E-state index in [0.717, 1.165) is 37.0 Å². The lowest BCUT2D eigenvalue weighted by Gasteiger charge is -2.42. The van der Waals surface area contributed by atoms with Crippen molar-refractivity contribution in [3.05, 3.63) is 35.5 Å². The smallest absolute Gasteiger partial charge is 0.263 e. The fourth-order valence-electron chi connectivity index (χ4n) is 2.68. The van der Waals surface area contributed by atoms with Gasteiger partial charge in [-0.1, -0.05) is 6.07 Å².